The Labute approximate surface area is 129 Å². The van der Waals surface area contributed by atoms with Gasteiger partial charge in [-0.1, -0.05) is 0 Å². The maximum absolute atomic E-state index is 12.7. The summed E-state index contributed by atoms with van der Waals surface area (Å²) in [5.74, 6) is 0.591. The van der Waals surface area contributed by atoms with Gasteiger partial charge in [0.1, 0.15) is 5.69 Å². The molecule has 1 fully saturated rings. The smallest absolute Gasteiger partial charge is 0.270 e. The molecule has 2 rings (SSSR count). The van der Waals surface area contributed by atoms with Crippen LogP contribution in [0.2, 0.25) is 0 Å². The monoisotopic (exact) mass is 342 g/mol. The van der Waals surface area contributed by atoms with Gasteiger partial charge in [-0.2, -0.15) is 0 Å². The molecule has 0 bridgehead atoms. The second kappa shape index (κ2) is 6.76. The van der Waals surface area contributed by atoms with Gasteiger partial charge in [0.05, 0.1) is 6.61 Å². The first kappa shape index (κ1) is 15.6. The Kier molecular flexibility index (Phi) is 5.27. The maximum Gasteiger partial charge on any atom is 0.270 e. The van der Waals surface area contributed by atoms with E-state index in [4.69, 9.17) is 4.74 Å². The van der Waals surface area contributed by atoms with E-state index in [9.17, 15) is 4.79 Å². The van der Waals surface area contributed by atoms with Gasteiger partial charge in [0.25, 0.3) is 5.91 Å². The lowest BCUT2D eigenvalue weighted by Gasteiger charge is -2.32. The number of piperidine rings is 1. The number of hydrogen-bond acceptors (Lipinski definition) is 2. The molecule has 1 atom stereocenters. The van der Waals surface area contributed by atoms with Crippen LogP contribution in [0.1, 0.15) is 43.2 Å². The summed E-state index contributed by atoms with van der Waals surface area (Å²) >= 11 is 3.47. The first-order valence-electron chi connectivity index (χ1n) is 7.18. The molecule has 20 heavy (non-hydrogen) atoms. The van der Waals surface area contributed by atoms with Crippen LogP contribution in [0, 0.1) is 5.92 Å². The lowest BCUT2D eigenvalue weighted by atomic mass is 9.99. The van der Waals surface area contributed by atoms with E-state index in [1.807, 2.05) is 21.7 Å². The molecule has 5 heteroatoms. The van der Waals surface area contributed by atoms with E-state index in [1.54, 1.807) is 7.11 Å². The van der Waals surface area contributed by atoms with Crippen molar-refractivity contribution < 1.29 is 9.53 Å². The number of nitrogens with zero attached hydrogens (tertiary/aromatic N) is 2. The van der Waals surface area contributed by atoms with E-state index in [1.165, 1.54) is 0 Å². The SMILES string of the molecule is COC[C@@H]1CCCN(C(=O)c2cc(Br)cn2C(C)C)C1. The number of ether oxygens (including phenoxy) is 1. The van der Waals surface area contributed by atoms with E-state index in [-0.39, 0.29) is 11.9 Å². The normalized spacial score (nSPS) is 19.6. The van der Waals surface area contributed by atoms with Crippen molar-refractivity contribution in [2.24, 2.45) is 5.92 Å². The van der Waals surface area contributed by atoms with Gasteiger partial charge in [0.15, 0.2) is 0 Å². The number of amides is 1. The molecule has 4 nitrogen and oxygen atoms in total. The number of rotatable bonds is 4. The second-order valence-corrected chi connectivity index (χ2v) is 6.68. The van der Waals surface area contributed by atoms with Crippen molar-refractivity contribution in [3.8, 4) is 0 Å². The third-order valence-electron chi connectivity index (χ3n) is 3.80. The fraction of sp³-hybridized carbons (Fsp3) is 0.667. The standard InChI is InChI=1S/C15H23BrN2O2/c1-11(2)18-9-13(16)7-14(18)15(19)17-6-4-5-12(8-17)10-20-3/h7,9,11-12H,4-6,8,10H2,1-3H3/t12-/m1/s1. The molecule has 1 saturated heterocycles. The highest BCUT2D eigenvalue weighted by Gasteiger charge is 2.26. The van der Waals surface area contributed by atoms with Crippen LogP contribution in [0.5, 0.6) is 0 Å². The molecule has 0 N–H and O–H groups in total. The Morgan fingerprint density at radius 3 is 2.95 bits per heavy atom. The number of methoxy groups -OCH3 is 1. The molecule has 0 saturated carbocycles. The number of hydrogen-bond donors (Lipinski definition) is 0. The molecular weight excluding hydrogens is 320 g/mol. The third-order valence-corrected chi connectivity index (χ3v) is 4.23. The van der Waals surface area contributed by atoms with Crippen molar-refractivity contribution in [1.29, 1.82) is 0 Å². The largest absolute Gasteiger partial charge is 0.384 e. The van der Waals surface area contributed by atoms with E-state index in [2.05, 4.69) is 29.8 Å². The zero-order valence-corrected chi connectivity index (χ0v) is 14.0. The number of halogens is 1. The average Bonchev–Trinajstić information content (AvgIpc) is 2.81. The lowest BCUT2D eigenvalue weighted by Crippen LogP contribution is -2.41. The maximum atomic E-state index is 12.7. The molecule has 1 amide bonds. The van der Waals surface area contributed by atoms with Crippen LogP contribution in [0.25, 0.3) is 0 Å². The Bertz CT molecular complexity index is 468. The number of carbonyl (C=O) groups excluding carboxylic acids is 1. The zero-order chi connectivity index (χ0) is 14.7. The Hall–Kier alpha value is -0.810. The van der Waals surface area contributed by atoms with E-state index < -0.39 is 0 Å². The summed E-state index contributed by atoms with van der Waals surface area (Å²) in [4.78, 5) is 14.7. The van der Waals surface area contributed by atoms with Crippen molar-refractivity contribution in [3.63, 3.8) is 0 Å². The van der Waals surface area contributed by atoms with E-state index >= 15 is 0 Å². The Balaban J connectivity index is 2.14. The summed E-state index contributed by atoms with van der Waals surface area (Å²) in [5.41, 5.74) is 0.768. The minimum absolute atomic E-state index is 0.130. The quantitative estimate of drug-likeness (QED) is 0.840. The molecule has 2 heterocycles. The van der Waals surface area contributed by atoms with Crippen molar-refractivity contribution in [3.05, 3.63) is 22.4 Å². The van der Waals surface area contributed by atoms with Gasteiger partial charge in [-0.15, -0.1) is 0 Å². The molecule has 0 aromatic carbocycles. The van der Waals surface area contributed by atoms with Gasteiger partial charge >= 0.3 is 0 Å². The van der Waals surface area contributed by atoms with Crippen LogP contribution >= 0.6 is 15.9 Å². The summed E-state index contributed by atoms with van der Waals surface area (Å²) in [6, 6.07) is 2.20. The third kappa shape index (κ3) is 3.44. The lowest BCUT2D eigenvalue weighted by molar-refractivity contribution is 0.0560. The Morgan fingerprint density at radius 2 is 2.30 bits per heavy atom. The molecule has 1 aromatic rings. The van der Waals surface area contributed by atoms with Crippen molar-refractivity contribution in [1.82, 2.24) is 9.47 Å². The highest BCUT2D eigenvalue weighted by atomic mass is 79.9. The summed E-state index contributed by atoms with van der Waals surface area (Å²) in [6.07, 6.45) is 4.18. The number of likely N-dealkylation sites (tertiary alicyclic amines) is 1. The number of aromatic nitrogens is 1. The van der Waals surface area contributed by atoms with Crippen LogP contribution in [-0.2, 0) is 4.74 Å². The fourth-order valence-electron chi connectivity index (χ4n) is 2.83. The molecule has 1 aromatic heterocycles. The summed E-state index contributed by atoms with van der Waals surface area (Å²) in [7, 11) is 1.72. The van der Waals surface area contributed by atoms with Crippen LogP contribution in [0.4, 0.5) is 0 Å². The molecule has 0 spiro atoms. The highest BCUT2D eigenvalue weighted by molar-refractivity contribution is 9.10. The van der Waals surface area contributed by atoms with Crippen molar-refractivity contribution in [2.75, 3.05) is 26.8 Å². The predicted molar refractivity (Wildman–Crippen MR) is 83.0 cm³/mol. The highest BCUT2D eigenvalue weighted by Crippen LogP contribution is 2.23. The summed E-state index contributed by atoms with van der Waals surface area (Å²) < 4.78 is 8.22. The number of carbonyl (C=O) groups is 1. The molecule has 0 unspecified atom stereocenters. The molecule has 1 aliphatic rings. The van der Waals surface area contributed by atoms with Crippen LogP contribution in [-0.4, -0.2) is 42.2 Å². The predicted octanol–water partition coefficient (Wildman–Crippen LogP) is 3.33. The molecule has 1 aliphatic heterocycles. The second-order valence-electron chi connectivity index (χ2n) is 5.76. The molecule has 0 aliphatic carbocycles. The van der Waals surface area contributed by atoms with Gasteiger partial charge in [-0.05, 0) is 54.6 Å². The van der Waals surface area contributed by atoms with Gasteiger partial charge in [0, 0.05) is 36.9 Å². The minimum Gasteiger partial charge on any atom is -0.384 e. The Morgan fingerprint density at radius 1 is 1.55 bits per heavy atom. The molecule has 112 valence electrons. The first-order valence-corrected chi connectivity index (χ1v) is 7.97. The first-order chi connectivity index (χ1) is 9.52. The van der Waals surface area contributed by atoms with E-state index in [0.29, 0.717) is 5.92 Å². The van der Waals surface area contributed by atoms with Crippen molar-refractivity contribution in [2.45, 2.75) is 32.7 Å². The van der Waals surface area contributed by atoms with Gasteiger partial charge < -0.3 is 14.2 Å². The average molecular weight is 343 g/mol. The van der Waals surface area contributed by atoms with Crippen LogP contribution in [0.3, 0.4) is 0 Å². The van der Waals surface area contributed by atoms with Crippen LogP contribution in [0.15, 0.2) is 16.7 Å². The van der Waals surface area contributed by atoms with Gasteiger partial charge in [-0.3, -0.25) is 4.79 Å². The van der Waals surface area contributed by atoms with Crippen LogP contribution < -0.4 is 0 Å². The van der Waals surface area contributed by atoms with Crippen molar-refractivity contribution >= 4 is 21.8 Å². The summed E-state index contributed by atoms with van der Waals surface area (Å²) in [6.45, 7) is 6.56. The molecular formula is C15H23BrN2O2. The summed E-state index contributed by atoms with van der Waals surface area (Å²) in [5, 5.41) is 0. The fourth-order valence-corrected chi connectivity index (χ4v) is 3.26. The van der Waals surface area contributed by atoms with Gasteiger partial charge in [-0.25, -0.2) is 0 Å². The topological polar surface area (TPSA) is 34.5 Å². The molecule has 0 radical (unpaired) electrons. The zero-order valence-electron chi connectivity index (χ0n) is 12.4. The van der Waals surface area contributed by atoms with Gasteiger partial charge in [0.2, 0.25) is 0 Å². The van der Waals surface area contributed by atoms with E-state index in [0.717, 1.165) is 42.7 Å². The minimum atomic E-state index is 0.130.